The van der Waals surface area contributed by atoms with Crippen LogP contribution in [0.15, 0.2) is 41.3 Å². The zero-order chi connectivity index (χ0) is 21.8. The minimum Gasteiger partial charge on any atom is -0.546 e. The standard InChI is InChI=1S/C20H15FINO6S/c1-28-15-7-12(6-14(22)18(15)29-10-17(24)25)8-16-19(26)23(20(27)30-16)9-11-2-4-13(21)5-3-11/h2-8H,9-10H2,1H3,(H,24,25)/p-1/b16-8+. The van der Waals surface area contributed by atoms with Gasteiger partial charge in [0, 0.05) is 0 Å². The summed E-state index contributed by atoms with van der Waals surface area (Å²) in [6.45, 7) is -0.590. The molecular formula is C20H14FINO6S-. The van der Waals surface area contributed by atoms with E-state index in [-0.39, 0.29) is 22.9 Å². The van der Waals surface area contributed by atoms with Crippen molar-refractivity contribution in [2.75, 3.05) is 13.7 Å². The molecule has 0 N–H and O–H groups in total. The van der Waals surface area contributed by atoms with E-state index < -0.39 is 29.5 Å². The Morgan fingerprint density at radius 3 is 2.60 bits per heavy atom. The average molecular weight is 542 g/mol. The van der Waals surface area contributed by atoms with Crippen molar-refractivity contribution in [1.29, 1.82) is 0 Å². The fraction of sp³-hybridized carbons (Fsp3) is 0.150. The van der Waals surface area contributed by atoms with Gasteiger partial charge in [-0.25, -0.2) is 4.39 Å². The fourth-order valence-corrected chi connectivity index (χ4v) is 4.27. The van der Waals surface area contributed by atoms with E-state index in [1.54, 1.807) is 18.2 Å². The zero-order valence-electron chi connectivity index (χ0n) is 15.5. The summed E-state index contributed by atoms with van der Waals surface area (Å²) in [4.78, 5) is 36.9. The first-order valence-electron chi connectivity index (χ1n) is 8.48. The van der Waals surface area contributed by atoms with E-state index in [0.29, 0.717) is 14.7 Å². The van der Waals surface area contributed by atoms with Gasteiger partial charge in [0.1, 0.15) is 12.4 Å². The lowest BCUT2D eigenvalue weighted by Gasteiger charge is -2.14. The van der Waals surface area contributed by atoms with Gasteiger partial charge in [-0.15, -0.1) is 0 Å². The number of carboxylic acids is 1. The lowest BCUT2D eigenvalue weighted by molar-refractivity contribution is -0.307. The average Bonchev–Trinajstić information content (AvgIpc) is 2.95. The van der Waals surface area contributed by atoms with E-state index >= 15 is 0 Å². The van der Waals surface area contributed by atoms with Gasteiger partial charge in [0.2, 0.25) is 0 Å². The minimum atomic E-state index is -1.37. The van der Waals surface area contributed by atoms with E-state index in [1.807, 2.05) is 22.6 Å². The lowest BCUT2D eigenvalue weighted by atomic mass is 10.1. The van der Waals surface area contributed by atoms with Crippen molar-refractivity contribution in [1.82, 2.24) is 4.90 Å². The van der Waals surface area contributed by atoms with Crippen LogP contribution < -0.4 is 14.6 Å². The van der Waals surface area contributed by atoms with Crippen LogP contribution in [-0.2, 0) is 16.1 Å². The van der Waals surface area contributed by atoms with Crippen LogP contribution in [-0.4, -0.2) is 35.7 Å². The number of nitrogens with zero attached hydrogens (tertiary/aromatic N) is 1. The second kappa shape index (κ2) is 9.47. The predicted molar refractivity (Wildman–Crippen MR) is 114 cm³/mol. The molecule has 0 bridgehead atoms. The number of ether oxygens (including phenoxy) is 2. The van der Waals surface area contributed by atoms with Crippen LogP contribution in [0.2, 0.25) is 0 Å². The Labute approximate surface area is 189 Å². The number of carboxylic acid groups (broad SMARTS) is 1. The van der Waals surface area contributed by atoms with Crippen LogP contribution in [0.3, 0.4) is 0 Å². The smallest absolute Gasteiger partial charge is 0.293 e. The largest absolute Gasteiger partial charge is 0.546 e. The number of benzene rings is 2. The topological polar surface area (TPSA) is 96.0 Å². The van der Waals surface area contributed by atoms with E-state index in [1.165, 1.54) is 31.4 Å². The summed E-state index contributed by atoms with van der Waals surface area (Å²) in [5, 5.41) is 10.2. The maximum atomic E-state index is 13.1. The fourth-order valence-electron chi connectivity index (χ4n) is 2.65. The number of rotatable bonds is 7. The van der Waals surface area contributed by atoms with Crippen LogP contribution in [0.5, 0.6) is 11.5 Å². The molecule has 2 aromatic carbocycles. The molecule has 0 radical (unpaired) electrons. The molecule has 0 spiro atoms. The van der Waals surface area contributed by atoms with Gasteiger partial charge in [0.15, 0.2) is 11.5 Å². The molecule has 2 aromatic rings. The number of hydrogen-bond acceptors (Lipinski definition) is 7. The molecule has 1 heterocycles. The molecule has 1 aliphatic heterocycles. The van der Waals surface area contributed by atoms with Gasteiger partial charge >= 0.3 is 0 Å². The first-order chi connectivity index (χ1) is 14.3. The first-order valence-corrected chi connectivity index (χ1v) is 10.4. The molecule has 0 saturated carbocycles. The third kappa shape index (κ3) is 5.11. The molecular weight excluding hydrogens is 528 g/mol. The van der Waals surface area contributed by atoms with Crippen molar-refractivity contribution in [3.05, 3.63) is 61.8 Å². The number of carbonyl (C=O) groups excluding carboxylic acids is 3. The Morgan fingerprint density at radius 1 is 1.27 bits per heavy atom. The predicted octanol–water partition coefficient (Wildman–Crippen LogP) is 2.80. The summed E-state index contributed by atoms with van der Waals surface area (Å²) < 4.78 is 24.1. The number of hydrogen-bond donors (Lipinski definition) is 0. The van der Waals surface area contributed by atoms with Crippen LogP contribution in [0.1, 0.15) is 11.1 Å². The van der Waals surface area contributed by atoms with Gasteiger partial charge < -0.3 is 19.4 Å². The van der Waals surface area contributed by atoms with E-state index in [0.717, 1.165) is 16.7 Å². The SMILES string of the molecule is COc1cc(/C=C2/SC(=O)N(Cc3ccc(F)cc3)C2=O)cc(I)c1OCC(=O)[O-]. The molecule has 1 fully saturated rings. The van der Waals surface area contributed by atoms with Gasteiger partial charge in [-0.1, -0.05) is 12.1 Å². The number of methoxy groups -OCH3 is 1. The summed E-state index contributed by atoms with van der Waals surface area (Å²) in [5.41, 5.74) is 1.20. The van der Waals surface area contributed by atoms with Crippen LogP contribution in [0, 0.1) is 9.39 Å². The zero-order valence-corrected chi connectivity index (χ0v) is 18.5. The summed E-state index contributed by atoms with van der Waals surface area (Å²) >= 11 is 2.75. The second-order valence-corrected chi connectivity index (χ2v) is 8.24. The highest BCUT2D eigenvalue weighted by atomic mass is 127. The Morgan fingerprint density at radius 2 is 1.97 bits per heavy atom. The van der Waals surface area contributed by atoms with Gasteiger partial charge in [0.05, 0.1) is 28.1 Å². The number of thioether (sulfide) groups is 1. The van der Waals surface area contributed by atoms with Gasteiger partial charge in [-0.05, 0) is 75.8 Å². The van der Waals surface area contributed by atoms with Gasteiger partial charge in [0.25, 0.3) is 11.1 Å². The number of halogens is 2. The molecule has 1 aliphatic rings. The van der Waals surface area contributed by atoms with Crippen molar-refractivity contribution < 1.29 is 33.4 Å². The van der Waals surface area contributed by atoms with E-state index in [9.17, 15) is 23.9 Å². The second-order valence-electron chi connectivity index (χ2n) is 6.09. The van der Waals surface area contributed by atoms with Crippen molar-refractivity contribution >= 4 is 57.5 Å². The Balaban J connectivity index is 1.83. The quantitative estimate of drug-likeness (QED) is 0.392. The van der Waals surface area contributed by atoms with Crippen molar-refractivity contribution in [3.8, 4) is 11.5 Å². The molecule has 0 aromatic heterocycles. The molecule has 0 unspecified atom stereocenters. The number of carbonyl (C=O) groups is 3. The number of amides is 2. The normalized spacial score (nSPS) is 15.0. The molecule has 3 rings (SSSR count). The van der Waals surface area contributed by atoms with Crippen molar-refractivity contribution in [2.45, 2.75) is 6.54 Å². The van der Waals surface area contributed by atoms with Gasteiger partial charge in [-0.3, -0.25) is 14.5 Å². The number of aliphatic carboxylic acids is 1. The van der Waals surface area contributed by atoms with Crippen LogP contribution in [0.4, 0.5) is 9.18 Å². The Bertz CT molecular complexity index is 1040. The monoisotopic (exact) mass is 542 g/mol. The maximum Gasteiger partial charge on any atom is 0.293 e. The van der Waals surface area contributed by atoms with E-state index in [4.69, 9.17) is 9.47 Å². The van der Waals surface area contributed by atoms with Crippen LogP contribution >= 0.6 is 34.4 Å². The van der Waals surface area contributed by atoms with Crippen LogP contribution in [0.25, 0.3) is 6.08 Å². The summed E-state index contributed by atoms with van der Waals surface area (Å²) in [6.07, 6.45) is 1.54. The molecule has 0 atom stereocenters. The molecule has 156 valence electrons. The highest BCUT2D eigenvalue weighted by Gasteiger charge is 2.35. The lowest BCUT2D eigenvalue weighted by Crippen LogP contribution is -2.29. The first kappa shape index (κ1) is 22.1. The highest BCUT2D eigenvalue weighted by Crippen LogP contribution is 2.37. The number of imide groups is 1. The molecule has 1 saturated heterocycles. The highest BCUT2D eigenvalue weighted by molar-refractivity contribution is 14.1. The van der Waals surface area contributed by atoms with Crippen molar-refractivity contribution in [3.63, 3.8) is 0 Å². The maximum absolute atomic E-state index is 13.1. The molecule has 30 heavy (non-hydrogen) atoms. The molecule has 2 amide bonds. The summed E-state index contributed by atoms with van der Waals surface area (Å²) in [7, 11) is 1.40. The molecule has 7 nitrogen and oxygen atoms in total. The Kier molecular flexibility index (Phi) is 6.98. The van der Waals surface area contributed by atoms with E-state index in [2.05, 4.69) is 0 Å². The minimum absolute atomic E-state index is 0.0408. The van der Waals surface area contributed by atoms with Gasteiger partial charge in [-0.2, -0.15) is 0 Å². The Hall–Kier alpha value is -2.60. The molecule has 0 aliphatic carbocycles. The summed E-state index contributed by atoms with van der Waals surface area (Å²) in [6, 6.07) is 8.80. The van der Waals surface area contributed by atoms with Crippen molar-refractivity contribution in [2.24, 2.45) is 0 Å². The third-order valence-electron chi connectivity index (χ3n) is 4.01. The third-order valence-corrected chi connectivity index (χ3v) is 5.72. The molecule has 10 heteroatoms. The summed E-state index contributed by atoms with van der Waals surface area (Å²) in [5.74, 6) is -1.71.